The Morgan fingerprint density at radius 3 is 2.52 bits per heavy atom. The quantitative estimate of drug-likeness (QED) is 0.834. The molecule has 0 unspecified atom stereocenters. The molecule has 0 saturated carbocycles. The molecule has 0 spiro atoms. The van der Waals surface area contributed by atoms with Gasteiger partial charge in [0.2, 0.25) is 0 Å². The fourth-order valence-corrected chi connectivity index (χ4v) is 4.06. The molecule has 5 nitrogen and oxygen atoms in total. The van der Waals surface area contributed by atoms with Gasteiger partial charge in [-0.1, -0.05) is 32.0 Å². The molecule has 1 N–H and O–H groups in total. The van der Waals surface area contributed by atoms with E-state index in [9.17, 15) is 8.42 Å². The Morgan fingerprint density at radius 2 is 1.90 bits per heavy atom. The minimum absolute atomic E-state index is 0.371. The van der Waals surface area contributed by atoms with E-state index >= 15 is 0 Å². The molecule has 118 valence electrons. The monoisotopic (exact) mass is 311 g/mol. The Hall–Kier alpha value is -1.11. The molecule has 1 aliphatic heterocycles. The van der Waals surface area contributed by atoms with Crippen LogP contribution >= 0.6 is 0 Å². The van der Waals surface area contributed by atoms with Crippen molar-refractivity contribution in [1.82, 2.24) is 9.03 Å². The maximum Gasteiger partial charge on any atom is 0.279 e. The molecule has 0 aliphatic carbocycles. The van der Waals surface area contributed by atoms with Gasteiger partial charge in [-0.15, -0.1) is 0 Å². The van der Waals surface area contributed by atoms with Crippen molar-refractivity contribution >= 4 is 15.9 Å². The smallest absolute Gasteiger partial charge is 0.279 e. The predicted octanol–water partition coefficient (Wildman–Crippen LogP) is 1.69. The maximum absolute atomic E-state index is 12.1. The Morgan fingerprint density at radius 1 is 1.24 bits per heavy atom. The topological polar surface area (TPSA) is 52.7 Å². The van der Waals surface area contributed by atoms with Gasteiger partial charge in [-0.05, 0) is 24.5 Å². The zero-order valence-electron chi connectivity index (χ0n) is 12.8. The zero-order valence-corrected chi connectivity index (χ0v) is 13.6. The van der Waals surface area contributed by atoms with E-state index < -0.39 is 10.2 Å². The lowest BCUT2D eigenvalue weighted by Crippen LogP contribution is -2.42. The molecular formula is C15H25N3O2S. The van der Waals surface area contributed by atoms with Crippen molar-refractivity contribution in [2.45, 2.75) is 20.3 Å². The minimum atomic E-state index is -3.33. The molecule has 1 atom stereocenters. The van der Waals surface area contributed by atoms with Gasteiger partial charge in [0, 0.05) is 38.4 Å². The van der Waals surface area contributed by atoms with Crippen LogP contribution in [-0.4, -0.2) is 45.4 Å². The Labute approximate surface area is 128 Å². The standard InChI is InChI=1S/C15H25N3O2S/c1-3-18(4-2)21(19,20)16-12-14-10-11-17(13-14)15-8-6-5-7-9-15/h5-9,14,16H,3-4,10-13H2,1-2H3/t14-/m0/s1. The highest BCUT2D eigenvalue weighted by molar-refractivity contribution is 7.87. The summed E-state index contributed by atoms with van der Waals surface area (Å²) in [7, 11) is -3.33. The van der Waals surface area contributed by atoms with Crippen LogP contribution in [0.15, 0.2) is 30.3 Å². The summed E-state index contributed by atoms with van der Waals surface area (Å²) in [5.41, 5.74) is 1.21. The summed E-state index contributed by atoms with van der Waals surface area (Å²) in [6.45, 7) is 7.14. The van der Waals surface area contributed by atoms with E-state index in [1.54, 1.807) is 0 Å². The molecule has 0 aromatic heterocycles. The summed E-state index contributed by atoms with van der Waals surface area (Å²) < 4.78 is 28.4. The molecule has 1 aromatic rings. The SMILES string of the molecule is CCN(CC)S(=O)(=O)NC[C@@H]1CCN(c2ccccc2)C1. The highest BCUT2D eigenvalue weighted by atomic mass is 32.2. The Balaban J connectivity index is 1.86. The second-order valence-corrected chi connectivity index (χ2v) is 7.13. The molecule has 0 radical (unpaired) electrons. The van der Waals surface area contributed by atoms with Crippen LogP contribution in [0.2, 0.25) is 0 Å². The molecule has 1 heterocycles. The van der Waals surface area contributed by atoms with Crippen molar-refractivity contribution < 1.29 is 8.42 Å². The van der Waals surface area contributed by atoms with Crippen molar-refractivity contribution in [3.8, 4) is 0 Å². The largest absolute Gasteiger partial charge is 0.371 e. The lowest BCUT2D eigenvalue weighted by molar-refractivity contribution is 0.428. The molecule has 1 fully saturated rings. The van der Waals surface area contributed by atoms with Crippen molar-refractivity contribution in [2.75, 3.05) is 37.6 Å². The van der Waals surface area contributed by atoms with Gasteiger partial charge >= 0.3 is 0 Å². The second kappa shape index (κ2) is 7.24. The van der Waals surface area contributed by atoms with Gasteiger partial charge in [0.05, 0.1) is 0 Å². The molecule has 0 amide bonds. The van der Waals surface area contributed by atoms with Gasteiger partial charge in [-0.3, -0.25) is 0 Å². The summed E-state index contributed by atoms with van der Waals surface area (Å²) >= 11 is 0. The van der Waals surface area contributed by atoms with E-state index in [1.165, 1.54) is 9.99 Å². The van der Waals surface area contributed by atoms with Crippen molar-refractivity contribution in [3.63, 3.8) is 0 Å². The first-order valence-corrected chi connectivity index (χ1v) is 9.05. The first kappa shape index (κ1) is 16.3. The van der Waals surface area contributed by atoms with E-state index in [0.717, 1.165) is 19.5 Å². The third-order valence-electron chi connectivity index (χ3n) is 4.01. The third kappa shape index (κ3) is 4.18. The van der Waals surface area contributed by atoms with Crippen molar-refractivity contribution in [1.29, 1.82) is 0 Å². The van der Waals surface area contributed by atoms with Crippen LogP contribution < -0.4 is 9.62 Å². The minimum Gasteiger partial charge on any atom is -0.371 e. The average molecular weight is 311 g/mol. The second-order valence-electron chi connectivity index (χ2n) is 5.37. The van der Waals surface area contributed by atoms with Gasteiger partial charge in [-0.2, -0.15) is 12.7 Å². The van der Waals surface area contributed by atoms with Crippen molar-refractivity contribution in [3.05, 3.63) is 30.3 Å². The average Bonchev–Trinajstić information content (AvgIpc) is 2.96. The van der Waals surface area contributed by atoms with Crippen LogP contribution in [0, 0.1) is 5.92 Å². The van der Waals surface area contributed by atoms with E-state index in [2.05, 4.69) is 21.8 Å². The van der Waals surface area contributed by atoms with Gasteiger partial charge in [0.1, 0.15) is 0 Å². The van der Waals surface area contributed by atoms with Gasteiger partial charge < -0.3 is 4.90 Å². The summed E-state index contributed by atoms with van der Waals surface area (Å²) in [5, 5.41) is 0. The molecular weight excluding hydrogens is 286 g/mol. The predicted molar refractivity (Wildman–Crippen MR) is 86.6 cm³/mol. The number of nitrogens with one attached hydrogen (secondary N) is 1. The van der Waals surface area contributed by atoms with E-state index in [4.69, 9.17) is 0 Å². The summed E-state index contributed by atoms with van der Waals surface area (Å²) in [6.07, 6.45) is 1.02. The Kier molecular flexibility index (Phi) is 5.61. The van der Waals surface area contributed by atoms with Gasteiger partial charge in [0.15, 0.2) is 0 Å². The number of nitrogens with zero attached hydrogens (tertiary/aromatic N) is 2. The van der Waals surface area contributed by atoms with E-state index in [1.807, 2.05) is 32.0 Å². The van der Waals surface area contributed by atoms with Crippen LogP contribution in [0.25, 0.3) is 0 Å². The molecule has 0 bridgehead atoms. The lowest BCUT2D eigenvalue weighted by Gasteiger charge is -2.21. The number of hydrogen-bond acceptors (Lipinski definition) is 3. The third-order valence-corrected chi connectivity index (χ3v) is 5.73. The van der Waals surface area contributed by atoms with Gasteiger partial charge in [0.25, 0.3) is 10.2 Å². The lowest BCUT2D eigenvalue weighted by atomic mass is 10.1. The zero-order chi connectivity index (χ0) is 15.3. The molecule has 2 rings (SSSR count). The van der Waals surface area contributed by atoms with Crippen LogP contribution in [0.5, 0.6) is 0 Å². The molecule has 21 heavy (non-hydrogen) atoms. The summed E-state index contributed by atoms with van der Waals surface area (Å²) in [6, 6.07) is 10.3. The number of para-hydroxylation sites is 1. The number of rotatable bonds is 7. The Bertz CT molecular complexity index is 529. The highest BCUT2D eigenvalue weighted by Crippen LogP contribution is 2.23. The fourth-order valence-electron chi connectivity index (χ4n) is 2.75. The first-order chi connectivity index (χ1) is 10.1. The van der Waals surface area contributed by atoms with E-state index in [-0.39, 0.29) is 0 Å². The van der Waals surface area contributed by atoms with Crippen LogP contribution in [0.1, 0.15) is 20.3 Å². The highest BCUT2D eigenvalue weighted by Gasteiger charge is 2.25. The first-order valence-electron chi connectivity index (χ1n) is 7.61. The summed E-state index contributed by atoms with van der Waals surface area (Å²) in [4.78, 5) is 2.32. The molecule has 1 aromatic carbocycles. The van der Waals surface area contributed by atoms with Crippen LogP contribution in [-0.2, 0) is 10.2 Å². The number of benzene rings is 1. The van der Waals surface area contributed by atoms with E-state index in [0.29, 0.717) is 25.6 Å². The van der Waals surface area contributed by atoms with Crippen molar-refractivity contribution in [2.24, 2.45) is 5.92 Å². The number of hydrogen-bond donors (Lipinski definition) is 1. The molecule has 6 heteroatoms. The fraction of sp³-hybridized carbons (Fsp3) is 0.600. The van der Waals surface area contributed by atoms with Gasteiger partial charge in [-0.25, -0.2) is 4.72 Å². The number of anilines is 1. The molecule has 1 saturated heterocycles. The van der Waals surface area contributed by atoms with Crippen LogP contribution in [0.4, 0.5) is 5.69 Å². The maximum atomic E-state index is 12.1. The van der Waals surface area contributed by atoms with Crippen LogP contribution in [0.3, 0.4) is 0 Å². The molecule has 1 aliphatic rings. The summed E-state index contributed by atoms with van der Waals surface area (Å²) in [5.74, 6) is 0.371. The normalized spacial score (nSPS) is 19.4.